The average molecular weight is 344 g/mol. The molecule has 0 aliphatic carbocycles. The molecule has 0 heterocycles. The summed E-state index contributed by atoms with van der Waals surface area (Å²) in [5, 5.41) is -0.541. The third-order valence-corrected chi connectivity index (χ3v) is 4.13. The zero-order chi connectivity index (χ0) is 14.0. The largest absolute Gasteiger partial charge is 0.496 e. The molecule has 0 aliphatic rings. The highest BCUT2D eigenvalue weighted by molar-refractivity contribution is 9.10. The van der Waals surface area contributed by atoms with Crippen molar-refractivity contribution >= 4 is 27.5 Å². The Hall–Kier alpha value is -1.06. The fourth-order valence-electron chi connectivity index (χ4n) is 1.98. The van der Waals surface area contributed by atoms with Crippen molar-refractivity contribution in [3.8, 4) is 5.75 Å². The minimum Gasteiger partial charge on any atom is -0.496 e. The molecule has 0 saturated heterocycles. The van der Waals surface area contributed by atoms with Crippen LogP contribution < -0.4 is 4.74 Å². The summed E-state index contributed by atoms with van der Waals surface area (Å²) in [7, 11) is 1.62. The van der Waals surface area contributed by atoms with E-state index in [9.17, 15) is 4.39 Å². The summed E-state index contributed by atoms with van der Waals surface area (Å²) in [5.41, 5.74) is 2.26. The van der Waals surface area contributed by atoms with Crippen LogP contribution in [0.25, 0.3) is 0 Å². The van der Waals surface area contributed by atoms with E-state index in [0.717, 1.165) is 16.9 Å². The predicted octanol–water partition coefficient (Wildman–Crippen LogP) is 5.23. The van der Waals surface area contributed by atoms with Crippen molar-refractivity contribution in [2.75, 3.05) is 7.11 Å². The van der Waals surface area contributed by atoms with E-state index in [0.29, 0.717) is 10.0 Å². The number of alkyl halides is 1. The van der Waals surface area contributed by atoms with E-state index in [1.165, 1.54) is 6.07 Å². The molecule has 2 aromatic rings. The third-order valence-electron chi connectivity index (χ3n) is 2.96. The Morgan fingerprint density at radius 3 is 2.58 bits per heavy atom. The van der Waals surface area contributed by atoms with Crippen molar-refractivity contribution in [2.24, 2.45) is 0 Å². The maximum Gasteiger partial charge on any atom is 0.129 e. The van der Waals surface area contributed by atoms with E-state index in [1.54, 1.807) is 19.2 Å². The molecule has 0 amide bonds. The highest BCUT2D eigenvalue weighted by Gasteiger charge is 2.19. The van der Waals surface area contributed by atoms with Crippen molar-refractivity contribution in [3.63, 3.8) is 0 Å². The molecule has 0 spiro atoms. The van der Waals surface area contributed by atoms with E-state index >= 15 is 0 Å². The quantitative estimate of drug-likeness (QED) is 0.693. The smallest absolute Gasteiger partial charge is 0.129 e. The van der Waals surface area contributed by atoms with Crippen LogP contribution in [0.15, 0.2) is 40.9 Å². The Labute approximate surface area is 125 Å². The van der Waals surface area contributed by atoms with E-state index < -0.39 is 5.38 Å². The molecular formula is C15H13BrClFO. The Morgan fingerprint density at radius 1 is 1.26 bits per heavy atom. The van der Waals surface area contributed by atoms with E-state index in [2.05, 4.69) is 15.9 Å². The lowest BCUT2D eigenvalue weighted by Crippen LogP contribution is -1.99. The standard InChI is InChI=1S/C15H13BrClFO/c1-9-8-10(6-7-13(9)19-2)15(17)14-11(16)4-3-5-12(14)18/h3-8,15H,1-2H3. The molecule has 2 aromatic carbocycles. The molecule has 1 atom stereocenters. The summed E-state index contributed by atoms with van der Waals surface area (Å²) >= 11 is 9.74. The van der Waals surface area contributed by atoms with Crippen molar-refractivity contribution in [2.45, 2.75) is 12.3 Å². The van der Waals surface area contributed by atoms with Crippen LogP contribution in [0.2, 0.25) is 0 Å². The molecule has 0 N–H and O–H groups in total. The fraction of sp³-hybridized carbons (Fsp3) is 0.200. The summed E-state index contributed by atoms with van der Waals surface area (Å²) in [6.45, 7) is 1.93. The van der Waals surface area contributed by atoms with Crippen LogP contribution in [0.5, 0.6) is 5.75 Å². The molecule has 0 fully saturated rings. The zero-order valence-corrected chi connectivity index (χ0v) is 12.9. The van der Waals surface area contributed by atoms with Crippen molar-refractivity contribution in [1.29, 1.82) is 0 Å². The normalized spacial score (nSPS) is 12.3. The molecule has 0 aliphatic heterocycles. The van der Waals surface area contributed by atoms with Gasteiger partial charge in [-0.1, -0.05) is 34.1 Å². The topological polar surface area (TPSA) is 9.23 Å². The van der Waals surface area contributed by atoms with Gasteiger partial charge in [0.05, 0.1) is 12.5 Å². The lowest BCUT2D eigenvalue weighted by atomic mass is 10.0. The van der Waals surface area contributed by atoms with Crippen LogP contribution in [-0.2, 0) is 0 Å². The van der Waals surface area contributed by atoms with Gasteiger partial charge in [0, 0.05) is 10.0 Å². The number of rotatable bonds is 3. The first-order valence-corrected chi connectivity index (χ1v) is 7.00. The first-order valence-electron chi connectivity index (χ1n) is 5.77. The fourth-order valence-corrected chi connectivity index (χ4v) is 3.04. The molecule has 0 bridgehead atoms. The lowest BCUT2D eigenvalue weighted by Gasteiger charge is -2.15. The molecule has 0 aromatic heterocycles. The first-order chi connectivity index (χ1) is 9.04. The molecule has 4 heteroatoms. The molecular weight excluding hydrogens is 331 g/mol. The Bertz CT molecular complexity index is 580. The van der Waals surface area contributed by atoms with Crippen LogP contribution in [0.1, 0.15) is 22.1 Å². The average Bonchev–Trinajstić information content (AvgIpc) is 2.38. The second-order valence-corrected chi connectivity index (χ2v) is 5.52. The highest BCUT2D eigenvalue weighted by atomic mass is 79.9. The highest BCUT2D eigenvalue weighted by Crippen LogP contribution is 2.36. The Balaban J connectivity index is 2.44. The van der Waals surface area contributed by atoms with Crippen molar-refractivity contribution in [3.05, 3.63) is 63.4 Å². The third kappa shape index (κ3) is 2.93. The summed E-state index contributed by atoms with van der Waals surface area (Å²) in [4.78, 5) is 0. The summed E-state index contributed by atoms with van der Waals surface area (Å²) in [6, 6.07) is 10.4. The van der Waals surface area contributed by atoms with E-state index in [-0.39, 0.29) is 5.82 Å². The number of benzene rings is 2. The van der Waals surface area contributed by atoms with Crippen LogP contribution >= 0.6 is 27.5 Å². The van der Waals surface area contributed by atoms with E-state index in [4.69, 9.17) is 16.3 Å². The number of ether oxygens (including phenoxy) is 1. The Kier molecular flexibility index (Phi) is 4.48. The van der Waals surface area contributed by atoms with Crippen LogP contribution in [0, 0.1) is 12.7 Å². The first kappa shape index (κ1) is 14.4. The maximum absolute atomic E-state index is 13.9. The molecule has 0 radical (unpaired) electrons. The van der Waals surface area contributed by atoms with Gasteiger partial charge in [0.15, 0.2) is 0 Å². The minimum atomic E-state index is -0.541. The number of aryl methyl sites for hydroxylation is 1. The van der Waals surface area contributed by atoms with Gasteiger partial charge in [-0.25, -0.2) is 4.39 Å². The van der Waals surface area contributed by atoms with Crippen LogP contribution in [0.3, 0.4) is 0 Å². The van der Waals surface area contributed by atoms with Gasteiger partial charge >= 0.3 is 0 Å². The molecule has 19 heavy (non-hydrogen) atoms. The predicted molar refractivity (Wildman–Crippen MR) is 79.5 cm³/mol. The van der Waals surface area contributed by atoms with Gasteiger partial charge in [-0.05, 0) is 36.2 Å². The summed E-state index contributed by atoms with van der Waals surface area (Å²) in [6.07, 6.45) is 0. The number of hydrogen-bond donors (Lipinski definition) is 0. The molecule has 0 saturated carbocycles. The number of hydrogen-bond acceptors (Lipinski definition) is 1. The summed E-state index contributed by atoms with van der Waals surface area (Å²) < 4.78 is 19.8. The van der Waals surface area contributed by atoms with Crippen molar-refractivity contribution in [1.82, 2.24) is 0 Å². The van der Waals surface area contributed by atoms with Crippen molar-refractivity contribution < 1.29 is 9.13 Å². The zero-order valence-electron chi connectivity index (χ0n) is 10.6. The van der Waals surface area contributed by atoms with Gasteiger partial charge in [0.1, 0.15) is 11.6 Å². The molecule has 100 valence electrons. The Morgan fingerprint density at radius 2 is 2.00 bits per heavy atom. The van der Waals surface area contributed by atoms with Gasteiger partial charge in [-0.15, -0.1) is 11.6 Å². The van der Waals surface area contributed by atoms with Gasteiger partial charge in [-0.3, -0.25) is 0 Å². The maximum atomic E-state index is 13.9. The second kappa shape index (κ2) is 5.93. The molecule has 1 unspecified atom stereocenters. The second-order valence-electron chi connectivity index (χ2n) is 4.23. The SMILES string of the molecule is COc1ccc(C(Cl)c2c(F)cccc2Br)cc1C. The number of halogens is 3. The van der Waals surface area contributed by atoms with Gasteiger partial charge < -0.3 is 4.74 Å². The molecule has 2 rings (SSSR count). The molecule has 1 nitrogen and oxygen atoms in total. The van der Waals surface area contributed by atoms with Gasteiger partial charge in [0.25, 0.3) is 0 Å². The van der Waals surface area contributed by atoms with Crippen LogP contribution in [-0.4, -0.2) is 7.11 Å². The number of methoxy groups -OCH3 is 1. The summed E-state index contributed by atoms with van der Waals surface area (Å²) in [5.74, 6) is 0.475. The van der Waals surface area contributed by atoms with Crippen LogP contribution in [0.4, 0.5) is 4.39 Å². The monoisotopic (exact) mass is 342 g/mol. The van der Waals surface area contributed by atoms with Gasteiger partial charge in [0.2, 0.25) is 0 Å². The lowest BCUT2D eigenvalue weighted by molar-refractivity contribution is 0.411. The minimum absolute atomic E-state index is 0.317. The van der Waals surface area contributed by atoms with Gasteiger partial charge in [-0.2, -0.15) is 0 Å². The van der Waals surface area contributed by atoms with E-state index in [1.807, 2.05) is 25.1 Å².